The van der Waals surface area contributed by atoms with Crippen molar-refractivity contribution in [1.82, 2.24) is 10.6 Å². The summed E-state index contributed by atoms with van der Waals surface area (Å²) in [5.41, 5.74) is 7.46. The molecule has 2 atom stereocenters. The molecule has 0 bridgehead atoms. The van der Waals surface area contributed by atoms with E-state index in [1.54, 1.807) is 0 Å². The van der Waals surface area contributed by atoms with Crippen LogP contribution in [0.4, 0.5) is 0 Å². The van der Waals surface area contributed by atoms with Gasteiger partial charge in [-0.1, -0.05) is 125 Å². The van der Waals surface area contributed by atoms with E-state index in [2.05, 4.69) is 136 Å². The summed E-state index contributed by atoms with van der Waals surface area (Å²) >= 11 is 3.57. The van der Waals surface area contributed by atoms with E-state index >= 15 is 0 Å². The Hall–Kier alpha value is -4.71. The lowest BCUT2D eigenvalue weighted by Gasteiger charge is -2.33. The summed E-state index contributed by atoms with van der Waals surface area (Å²) < 4.78 is 7.30. The summed E-state index contributed by atoms with van der Waals surface area (Å²) in [5.74, 6) is 0.857. The number of benzene rings is 6. The van der Waals surface area contributed by atoms with Gasteiger partial charge in [-0.25, -0.2) is 4.99 Å². The molecule has 0 aliphatic carbocycles. The quantitative estimate of drug-likeness (QED) is 0.209. The Balaban J connectivity index is 1.29. The van der Waals surface area contributed by atoms with Gasteiger partial charge in [-0.15, -0.1) is 0 Å². The van der Waals surface area contributed by atoms with Crippen molar-refractivity contribution >= 4 is 54.5 Å². The lowest BCUT2D eigenvalue weighted by molar-refractivity contribution is 0.412. The van der Waals surface area contributed by atoms with Crippen LogP contribution in [0.5, 0.6) is 0 Å². The predicted octanol–water partition coefficient (Wildman–Crippen LogP) is 9.51. The summed E-state index contributed by atoms with van der Waals surface area (Å²) in [6, 6.07) is 46.4. The number of hydrogen-bond donors (Lipinski definition) is 2. The molecule has 0 amide bonds. The number of hydrogen-bond acceptors (Lipinski definition) is 4. The molecule has 4 nitrogen and oxygen atoms in total. The van der Waals surface area contributed by atoms with Crippen molar-refractivity contribution in [3.63, 3.8) is 0 Å². The fourth-order valence-electron chi connectivity index (χ4n) is 6.11. The van der Waals surface area contributed by atoms with E-state index in [0.717, 1.165) is 43.4 Å². The minimum Gasteiger partial charge on any atom is -0.456 e. The topological polar surface area (TPSA) is 49.6 Å². The largest absolute Gasteiger partial charge is 0.456 e. The predicted molar refractivity (Wildman–Crippen MR) is 176 cm³/mol. The molecule has 0 radical (unpaired) electrons. The zero-order chi connectivity index (χ0) is 28.0. The highest BCUT2D eigenvalue weighted by molar-refractivity contribution is 9.10. The van der Waals surface area contributed by atoms with Gasteiger partial charge in [0.15, 0.2) is 0 Å². The zero-order valence-electron chi connectivity index (χ0n) is 22.6. The molecular formula is C37H26BrN3O. The summed E-state index contributed by atoms with van der Waals surface area (Å²) in [7, 11) is 0. The number of halogens is 1. The molecule has 0 spiro atoms. The van der Waals surface area contributed by atoms with Gasteiger partial charge in [0.2, 0.25) is 0 Å². The average molecular weight is 609 g/mol. The molecule has 42 heavy (non-hydrogen) atoms. The van der Waals surface area contributed by atoms with Crippen LogP contribution in [0.3, 0.4) is 0 Å². The Labute approximate surface area is 251 Å². The smallest absolute Gasteiger partial charge is 0.135 e. The summed E-state index contributed by atoms with van der Waals surface area (Å²) in [6.45, 7) is 0. The van der Waals surface area contributed by atoms with Gasteiger partial charge in [0.1, 0.15) is 29.3 Å². The number of furan rings is 1. The molecule has 0 saturated heterocycles. The molecule has 0 fully saturated rings. The number of nitrogens with one attached hydrogen (secondary N) is 2. The van der Waals surface area contributed by atoms with Gasteiger partial charge in [-0.2, -0.15) is 0 Å². The Bertz CT molecular complexity index is 2120. The maximum Gasteiger partial charge on any atom is 0.135 e. The van der Waals surface area contributed by atoms with Gasteiger partial charge in [0.25, 0.3) is 0 Å². The van der Waals surface area contributed by atoms with Gasteiger partial charge in [-0.05, 0) is 51.7 Å². The molecule has 8 rings (SSSR count). The standard InChI is InChI=1S/C37H26BrN3O/c38-25-19-17-23(18-20-25)26-21-22-29(28-12-5-4-11-27(26)28)36-39-35(24-9-2-1-3-10-24)40-37(41-36)31-14-8-16-33-34(31)30-13-6-7-15-32(30)42-33/h1-22,36-37,41H,(H,39,40). The molecule has 2 unspecified atom stereocenters. The molecule has 2 heterocycles. The monoisotopic (exact) mass is 607 g/mol. The normalized spacial score (nSPS) is 16.9. The number of nitrogens with zero attached hydrogens (tertiary/aromatic N) is 1. The van der Waals surface area contributed by atoms with Crippen LogP contribution in [0, 0.1) is 0 Å². The molecule has 1 aliphatic rings. The van der Waals surface area contributed by atoms with Crippen LogP contribution in [-0.4, -0.2) is 5.84 Å². The first-order valence-corrected chi connectivity index (χ1v) is 14.9. The fraction of sp³-hybridized carbons (Fsp3) is 0.0541. The zero-order valence-corrected chi connectivity index (χ0v) is 24.2. The van der Waals surface area contributed by atoms with E-state index in [1.807, 2.05) is 24.3 Å². The maximum atomic E-state index is 6.23. The summed E-state index contributed by atoms with van der Waals surface area (Å²) in [4.78, 5) is 5.24. The molecule has 1 aromatic heterocycles. The average Bonchev–Trinajstić information content (AvgIpc) is 3.44. The van der Waals surface area contributed by atoms with Gasteiger partial charge in [0.05, 0.1) is 0 Å². The first kappa shape index (κ1) is 25.0. The van der Waals surface area contributed by atoms with Crippen LogP contribution < -0.4 is 10.6 Å². The van der Waals surface area contributed by atoms with Gasteiger partial charge < -0.3 is 9.73 Å². The molecule has 5 heteroatoms. The first-order chi connectivity index (χ1) is 20.7. The van der Waals surface area contributed by atoms with Crippen LogP contribution in [0.2, 0.25) is 0 Å². The van der Waals surface area contributed by atoms with Crippen LogP contribution in [-0.2, 0) is 0 Å². The van der Waals surface area contributed by atoms with Gasteiger partial charge in [0, 0.05) is 26.4 Å². The van der Waals surface area contributed by atoms with Crippen molar-refractivity contribution in [2.75, 3.05) is 0 Å². The number of amidine groups is 1. The highest BCUT2D eigenvalue weighted by Crippen LogP contribution is 2.38. The second-order valence-electron chi connectivity index (χ2n) is 10.6. The van der Waals surface area contributed by atoms with Crippen molar-refractivity contribution in [1.29, 1.82) is 0 Å². The van der Waals surface area contributed by atoms with Crippen molar-refractivity contribution in [2.45, 2.75) is 12.3 Å². The molecule has 2 N–H and O–H groups in total. The number of fused-ring (bicyclic) bond motifs is 4. The van der Waals surface area contributed by atoms with Gasteiger partial charge >= 0.3 is 0 Å². The van der Waals surface area contributed by atoms with Crippen LogP contribution in [0.1, 0.15) is 29.0 Å². The molecular weight excluding hydrogens is 582 g/mol. The highest BCUT2D eigenvalue weighted by Gasteiger charge is 2.28. The van der Waals surface area contributed by atoms with Crippen LogP contribution in [0.25, 0.3) is 43.8 Å². The van der Waals surface area contributed by atoms with E-state index in [0.29, 0.717) is 0 Å². The molecule has 7 aromatic rings. The van der Waals surface area contributed by atoms with Crippen molar-refractivity contribution in [2.24, 2.45) is 4.99 Å². The molecule has 6 aromatic carbocycles. The minimum atomic E-state index is -0.291. The molecule has 202 valence electrons. The lowest BCUT2D eigenvalue weighted by atomic mass is 9.93. The number of rotatable bonds is 4. The van der Waals surface area contributed by atoms with E-state index < -0.39 is 0 Å². The van der Waals surface area contributed by atoms with Crippen molar-refractivity contribution in [3.05, 3.63) is 155 Å². The second-order valence-corrected chi connectivity index (χ2v) is 11.5. The maximum absolute atomic E-state index is 6.23. The third-order valence-corrected chi connectivity index (χ3v) is 8.59. The first-order valence-electron chi connectivity index (χ1n) is 14.1. The van der Waals surface area contributed by atoms with E-state index in [-0.39, 0.29) is 12.3 Å². The molecule has 1 aliphatic heterocycles. The molecule has 0 saturated carbocycles. The summed E-state index contributed by atoms with van der Waals surface area (Å²) in [6.07, 6.45) is -0.471. The van der Waals surface area contributed by atoms with Crippen LogP contribution in [0.15, 0.2) is 147 Å². The Kier molecular flexibility index (Phi) is 6.13. The fourth-order valence-corrected chi connectivity index (χ4v) is 6.37. The van der Waals surface area contributed by atoms with Crippen molar-refractivity contribution < 1.29 is 4.42 Å². The second kappa shape index (κ2) is 10.3. The Morgan fingerprint density at radius 3 is 2.12 bits per heavy atom. The number of aliphatic imine (C=N–C) groups is 1. The van der Waals surface area contributed by atoms with E-state index in [1.165, 1.54) is 27.5 Å². The number of para-hydroxylation sites is 1. The third-order valence-electron chi connectivity index (χ3n) is 8.06. The minimum absolute atomic E-state index is 0.181. The lowest BCUT2D eigenvalue weighted by Crippen LogP contribution is -2.45. The van der Waals surface area contributed by atoms with E-state index in [4.69, 9.17) is 9.41 Å². The third kappa shape index (κ3) is 4.30. The van der Waals surface area contributed by atoms with Crippen molar-refractivity contribution in [3.8, 4) is 11.1 Å². The Morgan fingerprint density at radius 2 is 1.29 bits per heavy atom. The highest BCUT2D eigenvalue weighted by atomic mass is 79.9. The van der Waals surface area contributed by atoms with E-state index in [9.17, 15) is 0 Å². The van der Waals surface area contributed by atoms with Crippen LogP contribution >= 0.6 is 15.9 Å². The SMILES string of the molecule is Brc1ccc(-c2ccc(C3NC(c4ccccc4)=NC(c4cccc5oc6ccccc6c45)N3)c3ccccc23)cc1. The summed E-state index contributed by atoms with van der Waals surface area (Å²) in [5, 5.41) is 12.2. The Morgan fingerprint density at radius 1 is 0.571 bits per heavy atom. The van der Waals surface area contributed by atoms with Gasteiger partial charge in [-0.3, -0.25) is 5.32 Å².